The number of rotatable bonds is 4. The van der Waals surface area contributed by atoms with E-state index < -0.39 is 0 Å². The number of nitrogens with zero attached hydrogens (tertiary/aromatic N) is 3. The minimum atomic E-state index is -0.0168. The van der Waals surface area contributed by atoms with Crippen LogP contribution < -0.4 is 4.90 Å². The van der Waals surface area contributed by atoms with Crippen molar-refractivity contribution in [2.24, 2.45) is 0 Å². The van der Waals surface area contributed by atoms with E-state index in [-0.39, 0.29) is 5.91 Å². The van der Waals surface area contributed by atoms with Crippen LogP contribution >= 0.6 is 11.3 Å². The Morgan fingerprint density at radius 3 is 2.88 bits per heavy atom. The molecule has 4 rings (SSSR count). The van der Waals surface area contributed by atoms with Crippen molar-refractivity contribution in [3.63, 3.8) is 0 Å². The number of likely N-dealkylation sites (N-methyl/N-ethyl adjacent to an activating group) is 1. The van der Waals surface area contributed by atoms with Gasteiger partial charge in [0.1, 0.15) is 5.52 Å². The monoisotopic (exact) mass is 349 g/mol. The number of fused-ring (bicyclic) bond motifs is 1. The maximum atomic E-state index is 12.6. The number of aromatic nitrogens is 2. The molecule has 0 aliphatic carbocycles. The predicted molar refractivity (Wildman–Crippen MR) is 98.7 cm³/mol. The molecule has 0 radical (unpaired) electrons. The molecule has 4 aromatic rings. The molecule has 5 nitrogen and oxygen atoms in total. The Hall–Kier alpha value is -2.99. The third kappa shape index (κ3) is 3.16. The summed E-state index contributed by atoms with van der Waals surface area (Å²) in [5.74, 6) is -0.0168. The molecule has 124 valence electrons. The highest BCUT2D eigenvalue weighted by molar-refractivity contribution is 7.14. The van der Waals surface area contributed by atoms with Crippen molar-refractivity contribution in [1.82, 2.24) is 9.97 Å². The van der Waals surface area contributed by atoms with Crippen LogP contribution in [-0.2, 0) is 11.2 Å². The topological polar surface area (TPSA) is 59.2 Å². The Bertz CT molecular complexity index is 1020. The van der Waals surface area contributed by atoms with Crippen molar-refractivity contribution in [3.05, 3.63) is 65.9 Å². The minimum absolute atomic E-state index is 0.0168. The van der Waals surface area contributed by atoms with Gasteiger partial charge in [-0.3, -0.25) is 9.69 Å². The highest BCUT2D eigenvalue weighted by Crippen LogP contribution is 2.27. The number of thiazole rings is 1. The van der Waals surface area contributed by atoms with Gasteiger partial charge in [0.15, 0.2) is 17.1 Å². The molecule has 2 aromatic carbocycles. The quantitative estimate of drug-likeness (QED) is 0.555. The van der Waals surface area contributed by atoms with Gasteiger partial charge in [0.25, 0.3) is 0 Å². The second-order valence-electron chi connectivity index (χ2n) is 5.67. The summed E-state index contributed by atoms with van der Waals surface area (Å²) in [5, 5.41) is 2.65. The first-order valence-corrected chi connectivity index (χ1v) is 8.68. The molecule has 2 aromatic heterocycles. The fourth-order valence-electron chi connectivity index (χ4n) is 2.57. The number of benzene rings is 2. The molecule has 0 N–H and O–H groups in total. The van der Waals surface area contributed by atoms with E-state index in [1.54, 1.807) is 11.9 Å². The van der Waals surface area contributed by atoms with Gasteiger partial charge in [0.05, 0.1) is 12.1 Å². The number of anilines is 1. The molecule has 0 spiro atoms. The molecule has 2 heterocycles. The van der Waals surface area contributed by atoms with Crippen molar-refractivity contribution >= 4 is 33.5 Å². The van der Waals surface area contributed by atoms with Crippen molar-refractivity contribution < 1.29 is 9.21 Å². The summed E-state index contributed by atoms with van der Waals surface area (Å²) in [5.41, 5.74) is 4.30. The number of carbonyl (C=O) groups is 1. The van der Waals surface area contributed by atoms with Crippen LogP contribution in [0, 0.1) is 0 Å². The smallest absolute Gasteiger partial charge is 0.232 e. The zero-order chi connectivity index (χ0) is 17.2. The number of hydrogen-bond donors (Lipinski definition) is 0. The lowest BCUT2D eigenvalue weighted by Crippen LogP contribution is -2.27. The van der Waals surface area contributed by atoms with Gasteiger partial charge in [-0.15, -0.1) is 11.3 Å². The predicted octanol–water partition coefficient (Wildman–Crippen LogP) is 4.16. The summed E-state index contributed by atoms with van der Waals surface area (Å²) in [7, 11) is 1.75. The first kappa shape index (κ1) is 15.5. The second-order valence-corrected chi connectivity index (χ2v) is 6.50. The lowest BCUT2D eigenvalue weighted by atomic mass is 10.1. The van der Waals surface area contributed by atoms with E-state index in [9.17, 15) is 4.79 Å². The lowest BCUT2D eigenvalue weighted by Gasteiger charge is -2.13. The molecule has 0 saturated heterocycles. The third-order valence-electron chi connectivity index (χ3n) is 3.97. The van der Waals surface area contributed by atoms with E-state index >= 15 is 0 Å². The molecule has 1 amide bonds. The highest BCUT2D eigenvalue weighted by Gasteiger charge is 2.16. The van der Waals surface area contributed by atoms with Gasteiger partial charge in [-0.05, 0) is 17.7 Å². The maximum Gasteiger partial charge on any atom is 0.232 e. The molecule has 0 bridgehead atoms. The van der Waals surface area contributed by atoms with Crippen molar-refractivity contribution in [2.45, 2.75) is 6.42 Å². The molecule has 0 atom stereocenters. The summed E-state index contributed by atoms with van der Waals surface area (Å²) in [4.78, 5) is 22.9. The van der Waals surface area contributed by atoms with E-state index in [0.717, 1.165) is 27.9 Å². The highest BCUT2D eigenvalue weighted by atomic mass is 32.1. The first-order valence-electron chi connectivity index (χ1n) is 7.80. The minimum Gasteiger partial charge on any atom is -0.443 e. The van der Waals surface area contributed by atoms with E-state index in [1.807, 2.05) is 53.9 Å². The molecule has 6 heteroatoms. The van der Waals surface area contributed by atoms with Crippen LogP contribution in [0.1, 0.15) is 5.56 Å². The van der Waals surface area contributed by atoms with Gasteiger partial charge in [0, 0.05) is 18.0 Å². The fourth-order valence-corrected chi connectivity index (χ4v) is 3.39. The van der Waals surface area contributed by atoms with Gasteiger partial charge in [0.2, 0.25) is 5.91 Å². The average molecular weight is 349 g/mol. The number of amides is 1. The van der Waals surface area contributed by atoms with Gasteiger partial charge < -0.3 is 4.42 Å². The van der Waals surface area contributed by atoms with Crippen LogP contribution in [-0.4, -0.2) is 22.9 Å². The lowest BCUT2D eigenvalue weighted by molar-refractivity contribution is -0.117. The molecular weight excluding hydrogens is 334 g/mol. The van der Waals surface area contributed by atoms with Crippen LogP contribution in [0.3, 0.4) is 0 Å². The normalized spacial score (nSPS) is 10.9. The molecule has 0 fully saturated rings. The van der Waals surface area contributed by atoms with E-state index in [1.165, 1.54) is 17.7 Å². The van der Waals surface area contributed by atoms with E-state index in [2.05, 4.69) is 9.97 Å². The fraction of sp³-hybridized carbons (Fsp3) is 0.105. The Labute approximate surface area is 148 Å². The first-order chi connectivity index (χ1) is 12.2. The zero-order valence-corrected chi connectivity index (χ0v) is 14.4. The largest absolute Gasteiger partial charge is 0.443 e. The van der Waals surface area contributed by atoms with E-state index in [0.29, 0.717) is 11.6 Å². The molecule has 0 aliphatic rings. The zero-order valence-electron chi connectivity index (χ0n) is 13.5. The van der Waals surface area contributed by atoms with Crippen molar-refractivity contribution in [3.8, 4) is 11.3 Å². The number of carbonyl (C=O) groups excluding carboxylic acids is 1. The van der Waals surface area contributed by atoms with Crippen LogP contribution in [0.15, 0.2) is 64.7 Å². The molecule has 0 unspecified atom stereocenters. The van der Waals surface area contributed by atoms with Crippen LogP contribution in [0.25, 0.3) is 22.4 Å². The second kappa shape index (κ2) is 6.49. The summed E-state index contributed by atoms with van der Waals surface area (Å²) in [6.45, 7) is 0. The van der Waals surface area contributed by atoms with Crippen molar-refractivity contribution in [1.29, 1.82) is 0 Å². The number of hydrogen-bond acceptors (Lipinski definition) is 5. The van der Waals surface area contributed by atoms with Gasteiger partial charge in [-0.25, -0.2) is 9.97 Å². The Morgan fingerprint density at radius 1 is 1.20 bits per heavy atom. The summed E-state index contributed by atoms with van der Waals surface area (Å²) in [6, 6.07) is 15.5. The molecule has 0 saturated carbocycles. The van der Waals surface area contributed by atoms with Gasteiger partial charge in [-0.1, -0.05) is 36.4 Å². The maximum absolute atomic E-state index is 12.6. The Balaban J connectivity index is 1.51. The Kier molecular flexibility index (Phi) is 4.03. The number of oxazole rings is 1. The van der Waals surface area contributed by atoms with Crippen molar-refractivity contribution in [2.75, 3.05) is 11.9 Å². The summed E-state index contributed by atoms with van der Waals surface area (Å²) >= 11 is 1.46. The molecule has 25 heavy (non-hydrogen) atoms. The van der Waals surface area contributed by atoms with Gasteiger partial charge >= 0.3 is 0 Å². The third-order valence-corrected chi connectivity index (χ3v) is 4.89. The van der Waals surface area contributed by atoms with Gasteiger partial charge in [-0.2, -0.15) is 0 Å². The van der Waals surface area contributed by atoms with Crippen LogP contribution in [0.4, 0.5) is 5.13 Å². The molecular formula is C19H15N3O2S. The molecule has 0 aliphatic heterocycles. The summed E-state index contributed by atoms with van der Waals surface area (Å²) < 4.78 is 5.22. The van der Waals surface area contributed by atoms with Crippen LogP contribution in [0.2, 0.25) is 0 Å². The van der Waals surface area contributed by atoms with E-state index in [4.69, 9.17) is 4.42 Å². The average Bonchev–Trinajstić information content (AvgIpc) is 3.31. The standard InChI is InChI=1S/C19H15N3O2S/c1-22(19-21-16(11-25-19)14-5-3-2-4-6-14)18(23)10-13-7-8-17-15(9-13)20-12-24-17/h2-9,11-12H,10H2,1H3. The summed E-state index contributed by atoms with van der Waals surface area (Å²) in [6.07, 6.45) is 1.70. The SMILES string of the molecule is CN(C(=O)Cc1ccc2ocnc2c1)c1nc(-c2ccccc2)cs1. The van der Waals surface area contributed by atoms with Crippen LogP contribution in [0.5, 0.6) is 0 Å². The Morgan fingerprint density at radius 2 is 2.04 bits per heavy atom.